The molecule has 0 aliphatic heterocycles. The fourth-order valence-corrected chi connectivity index (χ4v) is 2.67. The van der Waals surface area contributed by atoms with Gasteiger partial charge in [-0.3, -0.25) is 4.79 Å². The number of hydrogen-bond acceptors (Lipinski definition) is 6. The third-order valence-electron chi connectivity index (χ3n) is 3.84. The van der Waals surface area contributed by atoms with Crippen LogP contribution in [0.3, 0.4) is 0 Å². The minimum absolute atomic E-state index is 0.243. The molecule has 26 heavy (non-hydrogen) atoms. The first kappa shape index (κ1) is 15.6. The standard InChI is InChI=1S/C19H13N5O2/c25-17-14-7-2-1-6-13(14)15(12-23-19-21-10-5-11-22-19)18(26)24(17)16-8-3-4-9-20-16/h1-12,26H. The normalized spacial score (nSPS) is 11.2. The van der Waals surface area contributed by atoms with Crippen molar-refractivity contribution < 1.29 is 5.11 Å². The van der Waals surface area contributed by atoms with Crippen molar-refractivity contribution in [3.63, 3.8) is 0 Å². The second-order valence-corrected chi connectivity index (χ2v) is 5.42. The molecule has 1 N–H and O–H groups in total. The molecule has 0 spiro atoms. The third-order valence-corrected chi connectivity index (χ3v) is 3.84. The molecule has 3 aromatic heterocycles. The van der Waals surface area contributed by atoms with Crippen molar-refractivity contribution in [3.8, 4) is 11.7 Å². The smallest absolute Gasteiger partial charge is 0.267 e. The molecule has 1 aromatic carbocycles. The summed E-state index contributed by atoms with van der Waals surface area (Å²) < 4.78 is 1.16. The number of pyridine rings is 2. The lowest BCUT2D eigenvalue weighted by atomic mass is 10.1. The number of fused-ring (bicyclic) bond motifs is 1. The van der Waals surface area contributed by atoms with Crippen molar-refractivity contribution in [2.75, 3.05) is 0 Å². The average molecular weight is 343 g/mol. The van der Waals surface area contributed by atoms with Crippen molar-refractivity contribution >= 4 is 22.9 Å². The van der Waals surface area contributed by atoms with E-state index in [-0.39, 0.29) is 17.4 Å². The van der Waals surface area contributed by atoms with Crippen molar-refractivity contribution in [2.24, 2.45) is 4.99 Å². The van der Waals surface area contributed by atoms with Gasteiger partial charge in [-0.2, -0.15) is 0 Å². The van der Waals surface area contributed by atoms with Crippen molar-refractivity contribution in [1.29, 1.82) is 0 Å². The Balaban J connectivity index is 2.00. The summed E-state index contributed by atoms with van der Waals surface area (Å²) in [5.74, 6) is 0.338. The van der Waals surface area contributed by atoms with Gasteiger partial charge in [0.25, 0.3) is 5.56 Å². The maximum atomic E-state index is 12.9. The Morgan fingerprint density at radius 3 is 2.31 bits per heavy atom. The molecule has 4 aromatic rings. The van der Waals surface area contributed by atoms with Crippen LogP contribution in [0.15, 0.2) is 76.9 Å². The van der Waals surface area contributed by atoms with Gasteiger partial charge in [0.2, 0.25) is 11.8 Å². The van der Waals surface area contributed by atoms with Gasteiger partial charge in [-0.25, -0.2) is 24.5 Å². The number of benzene rings is 1. The molecule has 0 aliphatic carbocycles. The van der Waals surface area contributed by atoms with Crippen molar-refractivity contribution in [2.45, 2.75) is 0 Å². The average Bonchev–Trinajstić information content (AvgIpc) is 2.70. The van der Waals surface area contributed by atoms with E-state index in [9.17, 15) is 9.90 Å². The second-order valence-electron chi connectivity index (χ2n) is 5.42. The summed E-state index contributed by atoms with van der Waals surface area (Å²) >= 11 is 0. The number of aromatic hydroxyl groups is 1. The van der Waals surface area contributed by atoms with Crippen LogP contribution < -0.4 is 5.56 Å². The highest BCUT2D eigenvalue weighted by atomic mass is 16.3. The van der Waals surface area contributed by atoms with Crippen LogP contribution in [0.2, 0.25) is 0 Å². The fourth-order valence-electron chi connectivity index (χ4n) is 2.67. The Morgan fingerprint density at radius 1 is 0.885 bits per heavy atom. The van der Waals surface area contributed by atoms with E-state index in [1.165, 1.54) is 6.21 Å². The second kappa shape index (κ2) is 6.56. The number of nitrogens with zero attached hydrogens (tertiary/aromatic N) is 5. The van der Waals surface area contributed by atoms with Gasteiger partial charge < -0.3 is 5.11 Å². The van der Waals surface area contributed by atoms with Crippen LogP contribution in [0.25, 0.3) is 16.6 Å². The monoisotopic (exact) mass is 343 g/mol. The van der Waals surface area contributed by atoms with Crippen LogP contribution in [0, 0.1) is 0 Å². The quantitative estimate of drug-likeness (QED) is 0.577. The third kappa shape index (κ3) is 2.71. The molecule has 0 saturated carbocycles. The Kier molecular flexibility index (Phi) is 3.95. The molecule has 4 rings (SSSR count). The van der Waals surface area contributed by atoms with E-state index >= 15 is 0 Å². The Labute approximate surface area is 148 Å². The number of aromatic nitrogens is 4. The molecule has 126 valence electrons. The molecule has 7 nitrogen and oxygen atoms in total. The molecule has 0 saturated heterocycles. The molecular weight excluding hydrogens is 330 g/mol. The summed E-state index contributed by atoms with van der Waals surface area (Å²) in [5.41, 5.74) is 0.0308. The van der Waals surface area contributed by atoms with Crippen LogP contribution in [0.4, 0.5) is 5.95 Å². The van der Waals surface area contributed by atoms with E-state index in [1.807, 2.05) is 0 Å². The van der Waals surface area contributed by atoms with Gasteiger partial charge in [0.1, 0.15) is 5.82 Å². The molecule has 0 bridgehead atoms. The zero-order valence-electron chi connectivity index (χ0n) is 13.5. The SMILES string of the molecule is O=c1c2ccccc2c(C=Nc2ncccn2)c(O)n1-c1ccccn1. The molecule has 0 fully saturated rings. The Bertz CT molecular complexity index is 1160. The maximum Gasteiger partial charge on any atom is 0.267 e. The highest BCUT2D eigenvalue weighted by Crippen LogP contribution is 2.25. The molecule has 7 heteroatoms. The van der Waals surface area contributed by atoms with Crippen LogP contribution >= 0.6 is 0 Å². The van der Waals surface area contributed by atoms with Crippen LogP contribution in [0.5, 0.6) is 5.88 Å². The van der Waals surface area contributed by atoms with E-state index in [0.717, 1.165) is 4.57 Å². The minimum Gasteiger partial charge on any atom is -0.494 e. The van der Waals surface area contributed by atoms with Crippen LogP contribution in [0.1, 0.15) is 5.56 Å². The Hall–Kier alpha value is -3.87. The summed E-state index contributed by atoms with van der Waals surface area (Å²) in [4.78, 5) is 29.3. The lowest BCUT2D eigenvalue weighted by Gasteiger charge is -2.12. The summed E-state index contributed by atoms with van der Waals surface area (Å²) in [7, 11) is 0. The van der Waals surface area contributed by atoms with Gasteiger partial charge in [-0.05, 0) is 24.3 Å². The van der Waals surface area contributed by atoms with Crippen molar-refractivity contribution in [3.05, 3.63) is 83.0 Å². The zero-order chi connectivity index (χ0) is 17.9. The Morgan fingerprint density at radius 2 is 1.58 bits per heavy atom. The molecule has 0 unspecified atom stereocenters. The predicted octanol–water partition coefficient (Wildman–Crippen LogP) is 2.63. The van der Waals surface area contributed by atoms with Gasteiger partial charge in [0.05, 0.1) is 5.56 Å². The van der Waals surface area contributed by atoms with Gasteiger partial charge in [0, 0.05) is 35.6 Å². The molecule has 0 amide bonds. The molecule has 0 aliphatic rings. The number of aliphatic imine (C=N–C) groups is 1. The zero-order valence-corrected chi connectivity index (χ0v) is 13.5. The van der Waals surface area contributed by atoms with Gasteiger partial charge in [0.15, 0.2) is 0 Å². The topological polar surface area (TPSA) is 93.3 Å². The number of rotatable bonds is 3. The highest BCUT2D eigenvalue weighted by molar-refractivity contribution is 6.02. The fraction of sp³-hybridized carbons (Fsp3) is 0. The first-order chi connectivity index (χ1) is 12.8. The van der Waals surface area contributed by atoms with E-state index in [0.29, 0.717) is 22.2 Å². The van der Waals surface area contributed by atoms with Gasteiger partial charge in [-0.15, -0.1) is 0 Å². The van der Waals surface area contributed by atoms with Gasteiger partial charge in [-0.1, -0.05) is 24.3 Å². The largest absolute Gasteiger partial charge is 0.494 e. The summed E-state index contributed by atoms with van der Waals surface area (Å²) in [5, 5.41) is 11.8. The lowest BCUT2D eigenvalue weighted by molar-refractivity contribution is 0.435. The summed E-state index contributed by atoms with van der Waals surface area (Å²) in [6, 6.07) is 13.8. The first-order valence-electron chi connectivity index (χ1n) is 7.85. The maximum absolute atomic E-state index is 12.9. The highest BCUT2D eigenvalue weighted by Gasteiger charge is 2.16. The van der Waals surface area contributed by atoms with Crippen molar-refractivity contribution in [1.82, 2.24) is 19.5 Å². The van der Waals surface area contributed by atoms with Crippen LogP contribution in [-0.4, -0.2) is 30.8 Å². The van der Waals surface area contributed by atoms with Gasteiger partial charge >= 0.3 is 0 Å². The summed E-state index contributed by atoms with van der Waals surface area (Å²) in [6.07, 6.45) is 6.16. The van der Waals surface area contributed by atoms with E-state index in [1.54, 1.807) is 67.1 Å². The number of hydrogen-bond donors (Lipinski definition) is 1. The molecule has 3 heterocycles. The lowest BCUT2D eigenvalue weighted by Crippen LogP contribution is -2.20. The van der Waals surface area contributed by atoms with E-state index in [4.69, 9.17) is 0 Å². The minimum atomic E-state index is -0.357. The molecular formula is C19H13N5O2. The first-order valence-corrected chi connectivity index (χ1v) is 7.85. The van der Waals surface area contributed by atoms with E-state index in [2.05, 4.69) is 19.9 Å². The van der Waals surface area contributed by atoms with E-state index < -0.39 is 0 Å². The van der Waals surface area contributed by atoms with Crippen LogP contribution in [-0.2, 0) is 0 Å². The molecule has 0 atom stereocenters. The summed E-state index contributed by atoms with van der Waals surface area (Å²) in [6.45, 7) is 0. The molecule has 0 radical (unpaired) electrons. The predicted molar refractivity (Wildman–Crippen MR) is 98.3 cm³/mol.